The molecule has 79 valence electrons. The molecule has 1 radical (unpaired) electrons. The summed E-state index contributed by atoms with van der Waals surface area (Å²) in [5.41, 5.74) is 0.997. The Kier molecular flexibility index (Phi) is 8.68. The molecule has 0 unspecified atom stereocenters. The van der Waals surface area contributed by atoms with Crippen LogP contribution >= 0.6 is 0 Å². The zero-order valence-corrected chi connectivity index (χ0v) is 12.0. The molecule has 0 aromatic heterocycles. The summed E-state index contributed by atoms with van der Waals surface area (Å²) in [5.74, 6) is -1.03. The van der Waals surface area contributed by atoms with Crippen LogP contribution in [0.4, 0.5) is 5.69 Å². The second kappa shape index (κ2) is 7.72. The smallest absolute Gasteiger partial charge is 0.282 e. The standard InChI is InChI=1S/C8H4NO2.C2H6.CH3.Y/c10-7-5-3-1-2-4-6(5)9-8(7)11;1-2;;/h2-4H,(H,9,10,11);1-2H3;1H3;/q-1;;-1;. The summed E-state index contributed by atoms with van der Waals surface area (Å²) >= 11 is 0. The van der Waals surface area contributed by atoms with E-state index in [1.165, 1.54) is 6.07 Å². The molecular weight excluding hydrogens is 267 g/mol. The van der Waals surface area contributed by atoms with E-state index in [9.17, 15) is 9.59 Å². The maximum absolute atomic E-state index is 11.0. The third-order valence-electron chi connectivity index (χ3n) is 1.56. The fourth-order valence-corrected chi connectivity index (χ4v) is 1.03. The molecule has 0 atom stereocenters. The molecule has 0 bridgehead atoms. The van der Waals surface area contributed by atoms with Gasteiger partial charge in [-0.15, -0.1) is 6.07 Å². The zero-order valence-electron chi connectivity index (χ0n) is 9.13. The molecule has 2 rings (SSSR count). The van der Waals surface area contributed by atoms with Gasteiger partial charge in [0.05, 0.1) is 0 Å². The molecule has 0 saturated carbocycles. The van der Waals surface area contributed by atoms with Gasteiger partial charge in [-0.25, -0.2) is 0 Å². The van der Waals surface area contributed by atoms with Crippen LogP contribution in [0.5, 0.6) is 0 Å². The number of ketones is 1. The van der Waals surface area contributed by atoms with Crippen molar-refractivity contribution in [3.05, 3.63) is 37.3 Å². The van der Waals surface area contributed by atoms with Gasteiger partial charge in [-0.05, 0) is 0 Å². The SMILES string of the molecule is CC.O=C1Nc2cc[c-]cc2C1=O.[CH3-].[Y]. The van der Waals surface area contributed by atoms with Gasteiger partial charge in [-0.3, -0.25) is 9.59 Å². The van der Waals surface area contributed by atoms with Gasteiger partial charge in [0.15, 0.2) is 5.78 Å². The van der Waals surface area contributed by atoms with Gasteiger partial charge in [-0.2, -0.15) is 18.2 Å². The molecule has 0 saturated heterocycles. The van der Waals surface area contributed by atoms with E-state index in [1.54, 1.807) is 12.1 Å². The minimum atomic E-state index is -0.556. The Balaban J connectivity index is 0. The third kappa shape index (κ3) is 3.51. The Morgan fingerprint density at radius 1 is 1.27 bits per heavy atom. The Morgan fingerprint density at radius 3 is 2.40 bits per heavy atom. The van der Waals surface area contributed by atoms with E-state index in [0.29, 0.717) is 11.3 Å². The normalized spacial score (nSPS) is 11.1. The van der Waals surface area contributed by atoms with E-state index in [0.717, 1.165) is 0 Å². The summed E-state index contributed by atoms with van der Waals surface area (Å²) < 4.78 is 0. The predicted octanol–water partition coefficient (Wildman–Crippen LogP) is 2.10. The molecule has 15 heavy (non-hydrogen) atoms. The van der Waals surface area contributed by atoms with E-state index in [1.807, 2.05) is 13.8 Å². The summed E-state index contributed by atoms with van der Waals surface area (Å²) in [6.45, 7) is 4.00. The fourth-order valence-electron chi connectivity index (χ4n) is 1.03. The van der Waals surface area contributed by atoms with Crippen molar-refractivity contribution in [2.24, 2.45) is 0 Å². The predicted molar refractivity (Wildman–Crippen MR) is 56.0 cm³/mol. The van der Waals surface area contributed by atoms with Crippen molar-refractivity contribution in [3.63, 3.8) is 0 Å². The van der Waals surface area contributed by atoms with Crippen molar-refractivity contribution in [1.82, 2.24) is 0 Å². The van der Waals surface area contributed by atoms with Crippen LogP contribution in [-0.2, 0) is 37.5 Å². The minimum Gasteiger partial charge on any atom is -0.358 e. The monoisotopic (exact) mass is 280 g/mol. The van der Waals surface area contributed by atoms with Crippen molar-refractivity contribution in [1.29, 1.82) is 0 Å². The first-order valence-electron chi connectivity index (χ1n) is 4.15. The van der Waals surface area contributed by atoms with Gasteiger partial charge >= 0.3 is 0 Å². The third-order valence-corrected chi connectivity index (χ3v) is 1.56. The van der Waals surface area contributed by atoms with Gasteiger partial charge in [0, 0.05) is 32.7 Å². The van der Waals surface area contributed by atoms with Crippen LogP contribution in [0.2, 0.25) is 0 Å². The molecule has 1 aromatic rings. The molecule has 1 heterocycles. The molecule has 1 amide bonds. The molecule has 3 nitrogen and oxygen atoms in total. The van der Waals surface area contributed by atoms with Crippen LogP contribution in [0.3, 0.4) is 0 Å². The van der Waals surface area contributed by atoms with Crippen LogP contribution in [-0.4, -0.2) is 11.7 Å². The summed E-state index contributed by atoms with van der Waals surface area (Å²) in [6.07, 6.45) is 0. The number of hydrogen-bond donors (Lipinski definition) is 1. The van der Waals surface area contributed by atoms with E-state index >= 15 is 0 Å². The van der Waals surface area contributed by atoms with Gasteiger partial charge < -0.3 is 12.7 Å². The Labute approximate surface area is 116 Å². The maximum atomic E-state index is 11.0. The van der Waals surface area contributed by atoms with Crippen LogP contribution < -0.4 is 5.32 Å². The van der Waals surface area contributed by atoms with Gasteiger partial charge in [0.1, 0.15) is 0 Å². The first-order chi connectivity index (χ1) is 6.29. The van der Waals surface area contributed by atoms with Gasteiger partial charge in [0.2, 0.25) is 0 Å². The number of hydrogen-bond acceptors (Lipinski definition) is 2. The Bertz CT molecular complexity index is 350. The summed E-state index contributed by atoms with van der Waals surface area (Å²) in [5, 5.41) is 2.44. The topological polar surface area (TPSA) is 46.2 Å². The molecule has 1 aliphatic rings. The van der Waals surface area contributed by atoms with Crippen molar-refractivity contribution in [2.45, 2.75) is 13.8 Å². The summed E-state index contributed by atoms with van der Waals surface area (Å²) in [6, 6.07) is 7.54. The van der Waals surface area contributed by atoms with Crippen molar-refractivity contribution < 1.29 is 42.3 Å². The van der Waals surface area contributed by atoms with Crippen LogP contribution in [0, 0.1) is 13.5 Å². The number of carbonyl (C=O) groups is 2. The number of Topliss-reactive ketones (excluding diaryl/α,β-unsaturated/α-hetero) is 1. The van der Waals surface area contributed by atoms with Crippen LogP contribution in [0.15, 0.2) is 18.2 Å². The Hall–Kier alpha value is -0.536. The number of anilines is 1. The average molecular weight is 280 g/mol. The average Bonchev–Trinajstić information content (AvgIpc) is 2.47. The Morgan fingerprint density at radius 2 is 1.87 bits per heavy atom. The van der Waals surface area contributed by atoms with E-state index in [4.69, 9.17) is 0 Å². The van der Waals surface area contributed by atoms with Gasteiger partial charge in [-0.1, -0.05) is 25.1 Å². The largest absolute Gasteiger partial charge is 0.358 e. The molecule has 0 fully saturated rings. The molecule has 1 aromatic carbocycles. The molecule has 1 aliphatic heterocycles. The van der Waals surface area contributed by atoms with E-state index in [-0.39, 0.29) is 40.1 Å². The van der Waals surface area contributed by atoms with Crippen molar-refractivity contribution in [2.75, 3.05) is 5.32 Å². The minimum absolute atomic E-state index is 0. The first kappa shape index (κ1) is 16.9. The second-order valence-electron chi connectivity index (χ2n) is 2.25. The molecular formula is C11H13NO2Y-2. The second-order valence-corrected chi connectivity index (χ2v) is 2.25. The molecule has 0 aliphatic carbocycles. The number of amides is 1. The van der Waals surface area contributed by atoms with Crippen LogP contribution in [0.1, 0.15) is 24.2 Å². The molecule has 4 heteroatoms. The number of nitrogens with one attached hydrogen (secondary N) is 1. The first-order valence-corrected chi connectivity index (χ1v) is 4.15. The van der Waals surface area contributed by atoms with E-state index < -0.39 is 11.7 Å². The quantitative estimate of drug-likeness (QED) is 0.584. The summed E-state index contributed by atoms with van der Waals surface area (Å²) in [4.78, 5) is 21.7. The van der Waals surface area contributed by atoms with E-state index in [2.05, 4.69) is 11.4 Å². The number of benzene rings is 1. The molecule has 0 spiro atoms. The van der Waals surface area contributed by atoms with Crippen molar-refractivity contribution >= 4 is 17.4 Å². The fraction of sp³-hybridized carbons (Fsp3) is 0.182. The van der Waals surface area contributed by atoms with Crippen LogP contribution in [0.25, 0.3) is 0 Å². The maximum Gasteiger partial charge on any atom is 0.282 e. The number of carbonyl (C=O) groups excluding carboxylic acids is 2. The summed E-state index contributed by atoms with van der Waals surface area (Å²) in [7, 11) is 0. The number of rotatable bonds is 0. The molecule has 1 N–H and O–H groups in total. The van der Waals surface area contributed by atoms with Gasteiger partial charge in [0.25, 0.3) is 5.91 Å². The van der Waals surface area contributed by atoms with Crippen molar-refractivity contribution in [3.8, 4) is 0 Å². The zero-order chi connectivity index (χ0) is 9.84. The number of fused-ring (bicyclic) bond motifs is 1.